The molecular weight excluding hydrogens is 306 g/mol. The van der Waals surface area contributed by atoms with Gasteiger partial charge < -0.3 is 10.0 Å². The van der Waals surface area contributed by atoms with Crippen LogP contribution in [0.3, 0.4) is 0 Å². The molecule has 2 heterocycles. The predicted octanol–water partition coefficient (Wildman–Crippen LogP) is 2.58. The number of amides is 1. The lowest BCUT2D eigenvalue weighted by molar-refractivity contribution is -0.144. The Morgan fingerprint density at radius 1 is 1.45 bits per heavy atom. The van der Waals surface area contributed by atoms with Crippen LogP contribution in [0.5, 0.6) is 0 Å². The van der Waals surface area contributed by atoms with Gasteiger partial charge in [-0.15, -0.1) is 0 Å². The molecule has 2 rings (SSSR count). The van der Waals surface area contributed by atoms with Gasteiger partial charge in [-0.3, -0.25) is 4.79 Å². The number of carbonyl (C=O) groups is 2. The summed E-state index contributed by atoms with van der Waals surface area (Å²) in [5.74, 6) is -0.578. The van der Waals surface area contributed by atoms with Crippen LogP contribution in [-0.4, -0.2) is 44.4 Å². The van der Waals surface area contributed by atoms with Crippen molar-refractivity contribution < 1.29 is 14.7 Å². The summed E-state index contributed by atoms with van der Waals surface area (Å²) < 4.78 is 0. The van der Waals surface area contributed by atoms with Crippen molar-refractivity contribution in [3.8, 4) is 0 Å². The number of carboxylic acids is 1. The first kappa shape index (κ1) is 16.7. The van der Waals surface area contributed by atoms with Crippen molar-refractivity contribution in [1.82, 2.24) is 14.9 Å². The molecule has 0 bridgehead atoms. The molecule has 0 saturated carbocycles. The van der Waals surface area contributed by atoms with E-state index in [-0.39, 0.29) is 22.6 Å². The van der Waals surface area contributed by atoms with Crippen LogP contribution in [0.25, 0.3) is 0 Å². The summed E-state index contributed by atoms with van der Waals surface area (Å²) in [6.45, 7) is 6.22. The second-order valence-electron chi connectivity index (χ2n) is 6.06. The highest BCUT2D eigenvalue weighted by molar-refractivity contribution is 6.33. The molecule has 1 aromatic rings. The van der Waals surface area contributed by atoms with Crippen LogP contribution in [-0.2, 0) is 4.79 Å². The van der Waals surface area contributed by atoms with Crippen LogP contribution < -0.4 is 0 Å². The zero-order valence-electron chi connectivity index (χ0n) is 12.9. The summed E-state index contributed by atoms with van der Waals surface area (Å²) >= 11 is 6.05. The number of nitrogens with zero attached hydrogens (tertiary/aromatic N) is 3. The summed E-state index contributed by atoms with van der Waals surface area (Å²) in [4.78, 5) is 33.8. The maximum Gasteiger partial charge on any atom is 0.326 e. The van der Waals surface area contributed by atoms with Crippen molar-refractivity contribution in [3.63, 3.8) is 0 Å². The van der Waals surface area contributed by atoms with Gasteiger partial charge in [-0.05, 0) is 18.8 Å². The molecule has 1 aliphatic rings. The number of halogens is 1. The van der Waals surface area contributed by atoms with E-state index in [1.54, 1.807) is 0 Å². The predicted molar refractivity (Wildman–Crippen MR) is 82.0 cm³/mol. The number of carboxylic acid groups (broad SMARTS) is 1. The van der Waals surface area contributed by atoms with E-state index in [1.165, 1.54) is 11.1 Å². The normalized spacial score (nSPS) is 22.0. The van der Waals surface area contributed by atoms with Crippen molar-refractivity contribution in [1.29, 1.82) is 0 Å². The molecule has 0 spiro atoms. The summed E-state index contributed by atoms with van der Waals surface area (Å²) in [6.07, 6.45) is 2.62. The largest absolute Gasteiger partial charge is 0.480 e. The lowest BCUT2D eigenvalue weighted by Crippen LogP contribution is -2.50. The minimum atomic E-state index is -0.992. The van der Waals surface area contributed by atoms with Crippen molar-refractivity contribution in [2.24, 2.45) is 5.92 Å². The molecule has 2 unspecified atom stereocenters. The summed E-state index contributed by atoms with van der Waals surface area (Å²) in [5, 5.41) is 9.52. The van der Waals surface area contributed by atoms with Gasteiger partial charge in [0.15, 0.2) is 5.69 Å². The third-order valence-electron chi connectivity index (χ3n) is 3.89. The van der Waals surface area contributed by atoms with Crippen LogP contribution in [0, 0.1) is 5.92 Å². The fraction of sp³-hybridized carbons (Fsp3) is 0.600. The Hall–Kier alpha value is -1.69. The molecule has 2 atom stereocenters. The van der Waals surface area contributed by atoms with Gasteiger partial charge in [0.2, 0.25) is 0 Å². The number of rotatable bonds is 3. The molecule has 1 N–H and O–H groups in total. The Bertz CT molecular complexity index is 591. The minimum absolute atomic E-state index is 0.0560. The maximum atomic E-state index is 12.7. The number of carbonyl (C=O) groups excluding carboxylic acids is 1. The monoisotopic (exact) mass is 325 g/mol. The van der Waals surface area contributed by atoms with Crippen LogP contribution in [0.1, 0.15) is 55.8 Å². The quantitative estimate of drug-likeness (QED) is 0.923. The first-order chi connectivity index (χ1) is 10.3. The molecule has 120 valence electrons. The first-order valence-electron chi connectivity index (χ1n) is 7.37. The average molecular weight is 326 g/mol. The van der Waals surface area contributed by atoms with Gasteiger partial charge in [0, 0.05) is 12.5 Å². The molecule has 1 amide bonds. The van der Waals surface area contributed by atoms with Crippen molar-refractivity contribution in [2.45, 2.75) is 45.6 Å². The lowest BCUT2D eigenvalue weighted by atomic mass is 9.92. The molecule has 1 aromatic heterocycles. The molecular formula is C15H20ClN3O3. The van der Waals surface area contributed by atoms with Crippen molar-refractivity contribution >= 4 is 23.5 Å². The van der Waals surface area contributed by atoms with Crippen LogP contribution in [0.2, 0.25) is 5.02 Å². The van der Waals surface area contributed by atoms with E-state index in [4.69, 9.17) is 11.6 Å². The molecule has 7 heteroatoms. The minimum Gasteiger partial charge on any atom is -0.480 e. The SMILES string of the molecule is CC1CCN(C(=O)c2nc(C(C)C)ncc2Cl)C(C(=O)O)C1. The van der Waals surface area contributed by atoms with Crippen LogP contribution in [0.4, 0.5) is 0 Å². The fourth-order valence-electron chi connectivity index (χ4n) is 2.56. The Morgan fingerprint density at radius 3 is 2.73 bits per heavy atom. The van der Waals surface area contributed by atoms with E-state index in [2.05, 4.69) is 9.97 Å². The van der Waals surface area contributed by atoms with E-state index >= 15 is 0 Å². The number of hydrogen-bond donors (Lipinski definition) is 1. The molecule has 1 fully saturated rings. The van der Waals surface area contributed by atoms with Crippen LogP contribution in [0.15, 0.2) is 6.20 Å². The molecule has 6 nitrogen and oxygen atoms in total. The zero-order chi connectivity index (χ0) is 16.4. The van der Waals surface area contributed by atoms with E-state index in [0.29, 0.717) is 18.8 Å². The topological polar surface area (TPSA) is 83.4 Å². The van der Waals surface area contributed by atoms with Crippen molar-refractivity contribution in [3.05, 3.63) is 22.7 Å². The van der Waals surface area contributed by atoms with E-state index < -0.39 is 17.9 Å². The summed E-state index contributed by atoms with van der Waals surface area (Å²) in [7, 11) is 0. The van der Waals surface area contributed by atoms with Gasteiger partial charge in [-0.2, -0.15) is 0 Å². The van der Waals surface area contributed by atoms with Crippen molar-refractivity contribution in [2.75, 3.05) is 6.54 Å². The lowest BCUT2D eigenvalue weighted by Gasteiger charge is -2.35. The van der Waals surface area contributed by atoms with Gasteiger partial charge in [0.25, 0.3) is 5.91 Å². The second-order valence-corrected chi connectivity index (χ2v) is 6.47. The van der Waals surface area contributed by atoms with E-state index in [0.717, 1.165) is 6.42 Å². The van der Waals surface area contributed by atoms with Gasteiger partial charge >= 0.3 is 5.97 Å². The third kappa shape index (κ3) is 3.38. The molecule has 0 aromatic carbocycles. The highest BCUT2D eigenvalue weighted by Gasteiger charge is 2.36. The standard InChI is InChI=1S/C15H20ClN3O3/c1-8(2)13-17-7-10(16)12(18-13)14(20)19-5-4-9(3)6-11(19)15(21)22/h7-9,11H,4-6H2,1-3H3,(H,21,22). The molecule has 1 aliphatic heterocycles. The first-order valence-corrected chi connectivity index (χ1v) is 7.75. The Morgan fingerprint density at radius 2 is 2.14 bits per heavy atom. The number of aliphatic carboxylic acids is 1. The number of piperidine rings is 1. The number of hydrogen-bond acceptors (Lipinski definition) is 4. The summed E-state index contributed by atoms with van der Waals surface area (Å²) in [5.41, 5.74) is 0.0844. The molecule has 0 aliphatic carbocycles. The van der Waals surface area contributed by atoms with Crippen LogP contribution >= 0.6 is 11.6 Å². The van der Waals surface area contributed by atoms with Gasteiger partial charge in [0.05, 0.1) is 11.2 Å². The Balaban J connectivity index is 2.34. The highest BCUT2D eigenvalue weighted by atomic mass is 35.5. The fourth-order valence-corrected chi connectivity index (χ4v) is 2.74. The average Bonchev–Trinajstić information content (AvgIpc) is 2.46. The number of aromatic nitrogens is 2. The molecule has 22 heavy (non-hydrogen) atoms. The van der Waals surface area contributed by atoms with Gasteiger partial charge in [-0.1, -0.05) is 32.4 Å². The Kier molecular flexibility index (Phi) is 5.01. The van der Waals surface area contributed by atoms with E-state index in [9.17, 15) is 14.7 Å². The van der Waals surface area contributed by atoms with Gasteiger partial charge in [0.1, 0.15) is 11.9 Å². The smallest absolute Gasteiger partial charge is 0.326 e. The van der Waals surface area contributed by atoms with E-state index in [1.807, 2.05) is 20.8 Å². The second kappa shape index (κ2) is 6.60. The van der Waals surface area contributed by atoms with Gasteiger partial charge in [-0.25, -0.2) is 14.8 Å². The zero-order valence-corrected chi connectivity index (χ0v) is 13.7. The third-order valence-corrected chi connectivity index (χ3v) is 4.17. The highest BCUT2D eigenvalue weighted by Crippen LogP contribution is 2.26. The Labute approximate surface area is 134 Å². The molecule has 0 radical (unpaired) electrons. The summed E-state index contributed by atoms with van der Waals surface area (Å²) in [6, 6.07) is -0.829. The molecule has 1 saturated heterocycles. The number of likely N-dealkylation sites (tertiary alicyclic amines) is 1. The maximum absolute atomic E-state index is 12.7.